The standard InChI is InChI=1S/C9H14O3/c1-5(2)8(10)7-4-6(3)9(11)12-7/h4-5,7-8,10H,1-3H3/t7-,8-/m1/s1. The van der Waals surface area contributed by atoms with Crippen LogP contribution in [0.4, 0.5) is 0 Å². The van der Waals surface area contributed by atoms with Crippen LogP contribution in [0, 0.1) is 5.92 Å². The Morgan fingerprint density at radius 1 is 1.58 bits per heavy atom. The quantitative estimate of drug-likeness (QED) is 0.625. The van der Waals surface area contributed by atoms with Crippen molar-refractivity contribution < 1.29 is 14.6 Å². The van der Waals surface area contributed by atoms with Gasteiger partial charge in [-0.05, 0) is 18.9 Å². The van der Waals surface area contributed by atoms with E-state index < -0.39 is 12.2 Å². The zero-order valence-corrected chi connectivity index (χ0v) is 7.57. The summed E-state index contributed by atoms with van der Waals surface area (Å²) in [7, 11) is 0. The summed E-state index contributed by atoms with van der Waals surface area (Å²) in [6.45, 7) is 5.47. The summed E-state index contributed by atoms with van der Waals surface area (Å²) in [4.78, 5) is 10.9. The number of cyclic esters (lactones) is 1. The van der Waals surface area contributed by atoms with Gasteiger partial charge in [-0.15, -0.1) is 0 Å². The van der Waals surface area contributed by atoms with E-state index in [2.05, 4.69) is 0 Å². The number of ether oxygens (including phenoxy) is 1. The molecule has 0 aromatic rings. The molecule has 1 N–H and O–H groups in total. The molecule has 0 amide bonds. The van der Waals surface area contributed by atoms with E-state index in [0.29, 0.717) is 5.57 Å². The lowest BCUT2D eigenvalue weighted by Crippen LogP contribution is -2.30. The van der Waals surface area contributed by atoms with Gasteiger partial charge in [-0.2, -0.15) is 0 Å². The second-order valence-electron chi connectivity index (χ2n) is 3.45. The molecule has 3 nitrogen and oxygen atoms in total. The minimum absolute atomic E-state index is 0.102. The molecule has 1 aliphatic heterocycles. The highest BCUT2D eigenvalue weighted by molar-refractivity contribution is 5.90. The summed E-state index contributed by atoms with van der Waals surface area (Å²) < 4.78 is 4.92. The molecule has 0 fully saturated rings. The van der Waals surface area contributed by atoms with Crippen LogP contribution < -0.4 is 0 Å². The van der Waals surface area contributed by atoms with E-state index in [1.807, 2.05) is 13.8 Å². The fraction of sp³-hybridized carbons (Fsp3) is 0.667. The van der Waals surface area contributed by atoms with Crippen molar-refractivity contribution >= 4 is 5.97 Å². The number of esters is 1. The molecule has 0 unspecified atom stereocenters. The van der Waals surface area contributed by atoms with E-state index in [1.54, 1.807) is 13.0 Å². The Balaban J connectivity index is 2.63. The molecule has 0 spiro atoms. The maximum absolute atomic E-state index is 10.9. The zero-order valence-electron chi connectivity index (χ0n) is 7.57. The number of aliphatic hydroxyl groups is 1. The van der Waals surface area contributed by atoms with E-state index in [4.69, 9.17) is 4.74 Å². The second kappa shape index (κ2) is 3.27. The number of hydrogen-bond donors (Lipinski definition) is 1. The van der Waals surface area contributed by atoms with Gasteiger partial charge in [0.15, 0.2) is 0 Å². The summed E-state index contributed by atoms with van der Waals surface area (Å²) in [5.74, 6) is -0.218. The molecule has 0 saturated heterocycles. The van der Waals surface area contributed by atoms with Gasteiger partial charge in [-0.25, -0.2) is 4.79 Å². The summed E-state index contributed by atoms with van der Waals surface area (Å²) in [6, 6.07) is 0. The van der Waals surface area contributed by atoms with Crippen LogP contribution in [-0.4, -0.2) is 23.3 Å². The fourth-order valence-electron chi connectivity index (χ4n) is 1.11. The van der Waals surface area contributed by atoms with Gasteiger partial charge in [-0.1, -0.05) is 13.8 Å². The molecule has 0 aromatic heterocycles. The molecule has 3 heteroatoms. The van der Waals surface area contributed by atoms with Crippen LogP contribution in [0.25, 0.3) is 0 Å². The van der Waals surface area contributed by atoms with Crippen molar-refractivity contribution in [1.82, 2.24) is 0 Å². The average molecular weight is 170 g/mol. The molecule has 2 atom stereocenters. The highest BCUT2D eigenvalue weighted by atomic mass is 16.6. The van der Waals surface area contributed by atoms with Gasteiger partial charge in [0.1, 0.15) is 6.10 Å². The number of rotatable bonds is 2. The maximum Gasteiger partial charge on any atom is 0.334 e. The van der Waals surface area contributed by atoms with Gasteiger partial charge in [0.25, 0.3) is 0 Å². The summed E-state index contributed by atoms with van der Waals surface area (Å²) >= 11 is 0. The maximum atomic E-state index is 10.9. The number of aliphatic hydroxyl groups excluding tert-OH is 1. The smallest absolute Gasteiger partial charge is 0.334 e. The first-order valence-corrected chi connectivity index (χ1v) is 4.10. The van der Waals surface area contributed by atoms with E-state index in [0.717, 1.165) is 0 Å². The van der Waals surface area contributed by atoms with Crippen molar-refractivity contribution in [2.75, 3.05) is 0 Å². The topological polar surface area (TPSA) is 46.5 Å². The number of hydrogen-bond acceptors (Lipinski definition) is 3. The first-order chi connectivity index (χ1) is 5.52. The molecule has 1 aliphatic rings. The lowest BCUT2D eigenvalue weighted by atomic mass is 10.0. The van der Waals surface area contributed by atoms with Crippen LogP contribution in [0.2, 0.25) is 0 Å². The lowest BCUT2D eigenvalue weighted by molar-refractivity contribution is -0.144. The Labute approximate surface area is 72.0 Å². The average Bonchev–Trinajstić information content (AvgIpc) is 2.30. The van der Waals surface area contributed by atoms with E-state index in [-0.39, 0.29) is 11.9 Å². The summed E-state index contributed by atoms with van der Waals surface area (Å²) in [6.07, 6.45) is 0.636. The SMILES string of the molecule is CC1=C[C@H]([C@H](O)C(C)C)OC1=O. The van der Waals surface area contributed by atoms with Gasteiger partial charge >= 0.3 is 5.97 Å². The molecule has 0 bridgehead atoms. The van der Waals surface area contributed by atoms with E-state index in [1.165, 1.54) is 0 Å². The van der Waals surface area contributed by atoms with E-state index in [9.17, 15) is 9.90 Å². The van der Waals surface area contributed by atoms with Crippen molar-refractivity contribution in [2.45, 2.75) is 33.0 Å². The Morgan fingerprint density at radius 2 is 2.17 bits per heavy atom. The van der Waals surface area contributed by atoms with Gasteiger partial charge < -0.3 is 9.84 Å². The number of carbonyl (C=O) groups excluding carboxylic acids is 1. The molecule has 0 saturated carbocycles. The normalized spacial score (nSPS) is 25.6. The third-order valence-corrected chi connectivity index (χ3v) is 2.00. The lowest BCUT2D eigenvalue weighted by Gasteiger charge is -2.19. The molecule has 0 aliphatic carbocycles. The largest absolute Gasteiger partial charge is 0.452 e. The molecule has 1 heterocycles. The van der Waals surface area contributed by atoms with Crippen LogP contribution in [0.3, 0.4) is 0 Å². The Hall–Kier alpha value is -0.830. The van der Waals surface area contributed by atoms with Gasteiger partial charge in [0.05, 0.1) is 6.10 Å². The minimum atomic E-state index is -0.591. The van der Waals surface area contributed by atoms with Gasteiger partial charge in [0, 0.05) is 5.57 Å². The highest BCUT2D eigenvalue weighted by Gasteiger charge is 2.29. The van der Waals surface area contributed by atoms with Crippen LogP contribution in [0.1, 0.15) is 20.8 Å². The molecule has 68 valence electrons. The number of carbonyl (C=O) groups is 1. The molecular weight excluding hydrogens is 156 g/mol. The molecule has 0 radical (unpaired) electrons. The monoisotopic (exact) mass is 170 g/mol. The van der Waals surface area contributed by atoms with Crippen LogP contribution in [-0.2, 0) is 9.53 Å². The Bertz CT molecular complexity index is 218. The van der Waals surface area contributed by atoms with Crippen molar-refractivity contribution in [3.63, 3.8) is 0 Å². The van der Waals surface area contributed by atoms with Crippen molar-refractivity contribution in [3.05, 3.63) is 11.6 Å². The van der Waals surface area contributed by atoms with Crippen molar-refractivity contribution in [2.24, 2.45) is 5.92 Å². The molecule has 12 heavy (non-hydrogen) atoms. The molecule has 0 aromatic carbocycles. The fourth-order valence-corrected chi connectivity index (χ4v) is 1.11. The third kappa shape index (κ3) is 1.67. The highest BCUT2D eigenvalue weighted by Crippen LogP contribution is 2.19. The Kier molecular flexibility index (Phi) is 2.52. The third-order valence-electron chi connectivity index (χ3n) is 2.00. The second-order valence-corrected chi connectivity index (χ2v) is 3.45. The predicted molar refractivity (Wildman–Crippen MR) is 44.5 cm³/mol. The Morgan fingerprint density at radius 3 is 2.50 bits per heavy atom. The van der Waals surface area contributed by atoms with Crippen molar-refractivity contribution in [3.8, 4) is 0 Å². The van der Waals surface area contributed by atoms with E-state index >= 15 is 0 Å². The van der Waals surface area contributed by atoms with Gasteiger partial charge in [-0.3, -0.25) is 0 Å². The molecular formula is C9H14O3. The van der Waals surface area contributed by atoms with Crippen LogP contribution >= 0.6 is 0 Å². The van der Waals surface area contributed by atoms with Gasteiger partial charge in [0.2, 0.25) is 0 Å². The predicted octanol–water partition coefficient (Wildman–Crippen LogP) is 0.875. The zero-order chi connectivity index (χ0) is 9.30. The summed E-state index contributed by atoms with van der Waals surface area (Å²) in [5, 5.41) is 9.54. The minimum Gasteiger partial charge on any atom is -0.452 e. The first kappa shape index (κ1) is 9.26. The van der Waals surface area contributed by atoms with Crippen molar-refractivity contribution in [1.29, 1.82) is 0 Å². The molecule has 1 rings (SSSR count). The van der Waals surface area contributed by atoms with Crippen LogP contribution in [0.5, 0.6) is 0 Å². The summed E-state index contributed by atoms with van der Waals surface area (Å²) in [5.41, 5.74) is 0.583. The van der Waals surface area contributed by atoms with Crippen LogP contribution in [0.15, 0.2) is 11.6 Å². The first-order valence-electron chi connectivity index (χ1n) is 4.10.